The molecule has 1 aromatic carbocycles. The molecule has 120 valence electrons. The van der Waals surface area contributed by atoms with E-state index in [9.17, 15) is 18.3 Å². The Morgan fingerprint density at radius 2 is 1.91 bits per heavy atom. The van der Waals surface area contributed by atoms with Gasteiger partial charge in [0.05, 0.1) is 0 Å². The van der Waals surface area contributed by atoms with Gasteiger partial charge in [0, 0.05) is 23.3 Å². The van der Waals surface area contributed by atoms with Crippen molar-refractivity contribution in [3.05, 3.63) is 52.2 Å². The zero-order valence-electron chi connectivity index (χ0n) is 11.8. The summed E-state index contributed by atoms with van der Waals surface area (Å²) in [6.45, 7) is 0. The first-order valence-electron chi connectivity index (χ1n) is 6.39. The van der Waals surface area contributed by atoms with Crippen LogP contribution in [0.25, 0.3) is 5.57 Å². The number of thiophene rings is 1. The van der Waals surface area contributed by atoms with E-state index in [1.54, 1.807) is 29.6 Å². The molecular weight excluding hydrogens is 360 g/mol. The highest BCUT2D eigenvalue weighted by Crippen LogP contribution is 2.38. The number of carbonyl (C=O) groups is 1. The molecule has 2 N–H and O–H groups in total. The van der Waals surface area contributed by atoms with Gasteiger partial charge in [-0.05, 0) is 35.7 Å². The van der Waals surface area contributed by atoms with E-state index in [4.69, 9.17) is 11.6 Å². The smallest absolute Gasteiger partial charge is 0.276 e. The van der Waals surface area contributed by atoms with Crippen LogP contribution in [0.15, 0.2) is 45.8 Å². The summed E-state index contributed by atoms with van der Waals surface area (Å²) in [6.07, 6.45) is 0. The lowest BCUT2D eigenvalue weighted by atomic mass is 10.1. The van der Waals surface area contributed by atoms with Crippen molar-refractivity contribution in [2.24, 2.45) is 0 Å². The van der Waals surface area contributed by atoms with Crippen LogP contribution in [0.1, 0.15) is 5.56 Å². The van der Waals surface area contributed by atoms with Gasteiger partial charge in [0.25, 0.3) is 15.9 Å². The number of benzene rings is 1. The second kappa shape index (κ2) is 5.55. The van der Waals surface area contributed by atoms with Gasteiger partial charge in [-0.15, -0.1) is 11.3 Å². The maximum absolute atomic E-state index is 12.5. The summed E-state index contributed by atoms with van der Waals surface area (Å²) >= 11 is 6.78. The van der Waals surface area contributed by atoms with Crippen molar-refractivity contribution in [2.45, 2.75) is 4.21 Å². The maximum atomic E-state index is 12.5. The summed E-state index contributed by atoms with van der Waals surface area (Å²) in [6, 6.07) is 7.93. The summed E-state index contributed by atoms with van der Waals surface area (Å²) in [5.74, 6) is -1.21. The molecule has 0 unspecified atom stereocenters. The average molecular weight is 371 g/mol. The van der Waals surface area contributed by atoms with Crippen LogP contribution in [-0.4, -0.2) is 30.8 Å². The highest BCUT2D eigenvalue weighted by atomic mass is 35.5. The van der Waals surface area contributed by atoms with E-state index in [2.05, 4.69) is 5.32 Å². The number of amides is 1. The van der Waals surface area contributed by atoms with Gasteiger partial charge >= 0.3 is 0 Å². The van der Waals surface area contributed by atoms with Crippen molar-refractivity contribution >= 4 is 50.1 Å². The number of anilines is 1. The van der Waals surface area contributed by atoms with E-state index < -0.39 is 21.8 Å². The Labute approximate surface area is 141 Å². The van der Waals surface area contributed by atoms with Crippen molar-refractivity contribution in [1.29, 1.82) is 0 Å². The van der Waals surface area contributed by atoms with E-state index in [-0.39, 0.29) is 15.3 Å². The van der Waals surface area contributed by atoms with Crippen LogP contribution < -0.4 is 5.32 Å². The van der Waals surface area contributed by atoms with Gasteiger partial charge in [-0.3, -0.25) is 4.79 Å². The Hall–Kier alpha value is -2.03. The summed E-state index contributed by atoms with van der Waals surface area (Å²) in [5, 5.41) is 14.9. The Bertz CT molecular complexity index is 917. The number of halogens is 1. The number of nitrogens with one attached hydrogen (secondary N) is 1. The summed E-state index contributed by atoms with van der Waals surface area (Å²) < 4.78 is 25.2. The minimum Gasteiger partial charge on any atom is -0.493 e. The molecule has 1 aromatic heterocycles. The van der Waals surface area contributed by atoms with Crippen LogP contribution in [0, 0.1) is 0 Å². The molecule has 23 heavy (non-hydrogen) atoms. The first-order valence-corrected chi connectivity index (χ1v) is 9.09. The highest BCUT2D eigenvalue weighted by Gasteiger charge is 2.38. The predicted molar refractivity (Wildman–Crippen MR) is 88.9 cm³/mol. The lowest BCUT2D eigenvalue weighted by molar-refractivity contribution is -0.111. The molecular formula is C14H11ClN2O4S2. The molecule has 1 aliphatic rings. The largest absolute Gasteiger partial charge is 0.493 e. The van der Waals surface area contributed by atoms with Crippen LogP contribution in [0.2, 0.25) is 5.02 Å². The first kappa shape index (κ1) is 15.9. The fraction of sp³-hybridized carbons (Fsp3) is 0.0714. The van der Waals surface area contributed by atoms with Crippen LogP contribution >= 0.6 is 22.9 Å². The molecule has 3 rings (SSSR count). The van der Waals surface area contributed by atoms with E-state index >= 15 is 0 Å². The highest BCUT2D eigenvalue weighted by molar-refractivity contribution is 7.91. The van der Waals surface area contributed by atoms with E-state index in [0.29, 0.717) is 15.0 Å². The van der Waals surface area contributed by atoms with Crippen LogP contribution in [0.3, 0.4) is 0 Å². The molecule has 0 aliphatic carbocycles. The van der Waals surface area contributed by atoms with Gasteiger partial charge in [0.2, 0.25) is 5.88 Å². The van der Waals surface area contributed by atoms with Crippen LogP contribution in [-0.2, 0) is 14.8 Å². The van der Waals surface area contributed by atoms with Crippen molar-refractivity contribution in [1.82, 2.24) is 4.31 Å². The molecule has 2 aromatic rings. The Morgan fingerprint density at radius 3 is 2.57 bits per heavy atom. The number of fused-ring (bicyclic) bond motifs is 1. The van der Waals surface area contributed by atoms with Gasteiger partial charge < -0.3 is 10.4 Å². The third kappa shape index (κ3) is 2.58. The van der Waals surface area contributed by atoms with Crippen molar-refractivity contribution in [2.75, 3.05) is 12.4 Å². The monoisotopic (exact) mass is 370 g/mol. The molecule has 6 nitrogen and oxygen atoms in total. The van der Waals surface area contributed by atoms with E-state index in [0.717, 1.165) is 11.3 Å². The molecule has 0 bridgehead atoms. The lowest BCUT2D eigenvalue weighted by Crippen LogP contribution is -2.33. The SMILES string of the molecule is CN1C(O)=C(C(=O)Nc2ccc(Cl)cc2)c2ccsc2S1(=O)=O. The minimum absolute atomic E-state index is 0.0269. The number of aliphatic hydroxyl groups excluding tert-OH is 1. The van der Waals surface area contributed by atoms with Crippen LogP contribution in [0.4, 0.5) is 5.69 Å². The standard InChI is InChI=1S/C14H11ClN2O4S2/c1-17-13(19)11(10-6-7-22-14(10)23(17,20)21)12(18)16-9-4-2-8(15)3-5-9/h2-7,19H,1H3,(H,16,18). The fourth-order valence-electron chi connectivity index (χ4n) is 2.15. The minimum atomic E-state index is -3.82. The fourth-order valence-corrected chi connectivity index (χ4v) is 4.90. The van der Waals surface area contributed by atoms with Gasteiger partial charge in [0.1, 0.15) is 9.78 Å². The zero-order valence-corrected chi connectivity index (χ0v) is 14.2. The number of carbonyl (C=O) groups excluding carboxylic acids is 1. The van der Waals surface area contributed by atoms with E-state index in [1.165, 1.54) is 13.1 Å². The Kier molecular flexibility index (Phi) is 3.83. The summed E-state index contributed by atoms with van der Waals surface area (Å²) in [4.78, 5) is 12.5. The van der Waals surface area contributed by atoms with Crippen molar-refractivity contribution in [3.8, 4) is 0 Å². The second-order valence-corrected chi connectivity index (χ2v) is 8.27. The van der Waals surface area contributed by atoms with Crippen LogP contribution in [0.5, 0.6) is 0 Å². The van der Waals surface area contributed by atoms with Gasteiger partial charge in [-0.1, -0.05) is 11.6 Å². The van der Waals surface area contributed by atoms with Gasteiger partial charge in [0.15, 0.2) is 0 Å². The lowest BCUT2D eigenvalue weighted by Gasteiger charge is -2.25. The molecule has 0 saturated heterocycles. The molecule has 1 amide bonds. The molecule has 9 heteroatoms. The molecule has 0 atom stereocenters. The van der Waals surface area contributed by atoms with Gasteiger partial charge in [-0.2, -0.15) is 0 Å². The summed E-state index contributed by atoms with van der Waals surface area (Å²) in [7, 11) is -2.63. The van der Waals surface area contributed by atoms with E-state index in [1.807, 2.05) is 0 Å². The number of aliphatic hydroxyl groups is 1. The molecule has 0 saturated carbocycles. The Balaban J connectivity index is 2.03. The second-order valence-electron chi connectivity index (χ2n) is 4.75. The number of sulfonamides is 1. The number of hydrogen-bond acceptors (Lipinski definition) is 5. The van der Waals surface area contributed by atoms with Gasteiger partial charge in [-0.25, -0.2) is 12.7 Å². The quantitative estimate of drug-likeness (QED) is 0.850. The topological polar surface area (TPSA) is 86.7 Å². The normalized spacial score (nSPS) is 16.2. The predicted octanol–water partition coefficient (Wildman–Crippen LogP) is 2.90. The van der Waals surface area contributed by atoms with Crippen molar-refractivity contribution in [3.63, 3.8) is 0 Å². The number of hydrogen-bond donors (Lipinski definition) is 2. The first-order chi connectivity index (χ1) is 10.8. The molecule has 0 radical (unpaired) electrons. The summed E-state index contributed by atoms with van der Waals surface area (Å²) in [5.41, 5.74) is 0.582. The third-order valence-corrected chi connectivity index (χ3v) is 6.81. The molecule has 0 spiro atoms. The maximum Gasteiger partial charge on any atom is 0.276 e. The number of rotatable bonds is 2. The zero-order chi connectivity index (χ0) is 16.8. The average Bonchev–Trinajstić information content (AvgIpc) is 2.98. The molecule has 1 aliphatic heterocycles. The molecule has 2 heterocycles. The third-order valence-electron chi connectivity index (χ3n) is 3.34. The number of nitrogens with zero attached hydrogens (tertiary/aromatic N) is 1. The van der Waals surface area contributed by atoms with Crippen molar-refractivity contribution < 1.29 is 18.3 Å². The molecule has 0 fully saturated rings. The Morgan fingerprint density at radius 1 is 1.26 bits per heavy atom.